The van der Waals surface area contributed by atoms with Crippen LogP contribution in [0.4, 0.5) is 0 Å². The second-order valence-corrected chi connectivity index (χ2v) is 6.34. The largest absolute Gasteiger partial charge is 0.345 e. The summed E-state index contributed by atoms with van der Waals surface area (Å²) in [6, 6.07) is -0.447. The molecule has 0 saturated carbocycles. The van der Waals surface area contributed by atoms with Gasteiger partial charge in [0.25, 0.3) is 0 Å². The molecule has 0 aliphatic heterocycles. The Bertz CT molecular complexity index is 698. The molecule has 8 heteroatoms. The average molecular weight is 321 g/mol. The molecule has 22 heavy (non-hydrogen) atoms. The van der Waals surface area contributed by atoms with Crippen molar-refractivity contribution in [2.75, 3.05) is 5.75 Å². The monoisotopic (exact) mass is 321 g/mol. The number of ketones is 1. The van der Waals surface area contributed by atoms with Crippen molar-refractivity contribution in [2.24, 2.45) is 13.0 Å². The fourth-order valence-electron chi connectivity index (χ4n) is 2.14. The summed E-state index contributed by atoms with van der Waals surface area (Å²) in [4.78, 5) is 31.9. The summed E-state index contributed by atoms with van der Waals surface area (Å²) in [6.07, 6.45) is 3.14. The first-order chi connectivity index (χ1) is 10.4. The normalized spacial score (nSPS) is 12.6. The van der Waals surface area contributed by atoms with Crippen molar-refractivity contribution in [2.45, 2.75) is 31.8 Å². The standard InChI is InChI=1S/C14H19N5O2S/c1-8(2)12(9(3)20)18-11(21)6-22-14-10-5-17-19(4)13(10)15-7-16-14/h5,7-8,12H,6H2,1-4H3,(H,18,21). The van der Waals surface area contributed by atoms with Gasteiger partial charge in [0.2, 0.25) is 5.91 Å². The molecule has 0 saturated heterocycles. The second-order valence-electron chi connectivity index (χ2n) is 5.37. The third-order valence-corrected chi connectivity index (χ3v) is 4.26. The Morgan fingerprint density at radius 3 is 2.73 bits per heavy atom. The summed E-state index contributed by atoms with van der Waals surface area (Å²) in [6.45, 7) is 5.30. The number of hydrogen-bond donors (Lipinski definition) is 1. The Balaban J connectivity index is 2.02. The van der Waals surface area contributed by atoms with E-state index in [1.165, 1.54) is 25.0 Å². The lowest BCUT2D eigenvalue weighted by Gasteiger charge is -2.19. The maximum atomic E-state index is 12.0. The number of rotatable bonds is 6. The van der Waals surface area contributed by atoms with E-state index in [1.807, 2.05) is 13.8 Å². The fraction of sp³-hybridized carbons (Fsp3) is 0.500. The van der Waals surface area contributed by atoms with Crippen molar-refractivity contribution in [3.05, 3.63) is 12.5 Å². The Morgan fingerprint density at radius 1 is 1.36 bits per heavy atom. The molecule has 2 aromatic heterocycles. The van der Waals surface area contributed by atoms with Gasteiger partial charge in [-0.2, -0.15) is 5.10 Å². The summed E-state index contributed by atoms with van der Waals surface area (Å²) in [5, 5.41) is 8.42. The highest BCUT2D eigenvalue weighted by Crippen LogP contribution is 2.23. The molecule has 0 bridgehead atoms. The lowest BCUT2D eigenvalue weighted by molar-refractivity contribution is -0.126. The van der Waals surface area contributed by atoms with E-state index in [0.29, 0.717) is 5.03 Å². The zero-order chi connectivity index (χ0) is 16.3. The van der Waals surface area contributed by atoms with E-state index in [0.717, 1.165) is 11.0 Å². The van der Waals surface area contributed by atoms with Gasteiger partial charge in [0, 0.05) is 7.05 Å². The third kappa shape index (κ3) is 3.62. The third-order valence-electron chi connectivity index (χ3n) is 3.25. The van der Waals surface area contributed by atoms with Crippen LogP contribution in [0.3, 0.4) is 0 Å². The first kappa shape index (κ1) is 16.4. The SMILES string of the molecule is CC(=O)C(NC(=O)CSc1ncnc2c1cnn2C)C(C)C. The summed E-state index contributed by atoms with van der Waals surface area (Å²) in [5.41, 5.74) is 0.724. The number of amides is 1. The first-order valence-corrected chi connectivity index (χ1v) is 7.94. The zero-order valence-corrected chi connectivity index (χ0v) is 13.8. The minimum atomic E-state index is -0.447. The predicted molar refractivity (Wildman–Crippen MR) is 84.5 cm³/mol. The number of carbonyl (C=O) groups excluding carboxylic acids is 2. The summed E-state index contributed by atoms with van der Waals surface area (Å²) in [5.74, 6) is 0.0347. The number of carbonyl (C=O) groups is 2. The van der Waals surface area contributed by atoms with E-state index in [1.54, 1.807) is 17.9 Å². The molecule has 0 fully saturated rings. The highest BCUT2D eigenvalue weighted by molar-refractivity contribution is 8.00. The molecule has 2 heterocycles. The molecule has 2 aromatic rings. The molecule has 118 valence electrons. The first-order valence-electron chi connectivity index (χ1n) is 6.95. The van der Waals surface area contributed by atoms with Gasteiger partial charge in [-0.3, -0.25) is 14.3 Å². The number of aromatic nitrogens is 4. The molecule has 1 unspecified atom stereocenters. The summed E-state index contributed by atoms with van der Waals surface area (Å²) < 4.78 is 1.66. The second kappa shape index (κ2) is 6.87. The number of thioether (sulfide) groups is 1. The maximum Gasteiger partial charge on any atom is 0.231 e. The van der Waals surface area contributed by atoms with Crippen molar-refractivity contribution >= 4 is 34.5 Å². The van der Waals surface area contributed by atoms with Gasteiger partial charge >= 0.3 is 0 Å². The molecular weight excluding hydrogens is 302 g/mol. The molecule has 0 spiro atoms. The number of nitrogens with zero attached hydrogens (tertiary/aromatic N) is 4. The molecule has 0 radical (unpaired) electrons. The van der Waals surface area contributed by atoms with Crippen LogP contribution in [0.2, 0.25) is 0 Å². The van der Waals surface area contributed by atoms with Crippen LogP contribution < -0.4 is 5.32 Å². The zero-order valence-electron chi connectivity index (χ0n) is 13.0. The molecule has 1 atom stereocenters. The van der Waals surface area contributed by atoms with Gasteiger partial charge in [-0.05, 0) is 12.8 Å². The summed E-state index contributed by atoms with van der Waals surface area (Å²) in [7, 11) is 1.80. The quantitative estimate of drug-likeness (QED) is 0.635. The molecule has 7 nitrogen and oxygen atoms in total. The van der Waals surface area contributed by atoms with E-state index in [-0.39, 0.29) is 23.4 Å². The van der Waals surface area contributed by atoms with Gasteiger partial charge in [0.1, 0.15) is 11.4 Å². The van der Waals surface area contributed by atoms with E-state index in [9.17, 15) is 9.59 Å². The Hall–Kier alpha value is -1.96. The highest BCUT2D eigenvalue weighted by Gasteiger charge is 2.20. The van der Waals surface area contributed by atoms with Crippen molar-refractivity contribution in [1.82, 2.24) is 25.1 Å². The van der Waals surface area contributed by atoms with E-state index in [2.05, 4.69) is 20.4 Å². The van der Waals surface area contributed by atoms with Crippen LogP contribution in [-0.4, -0.2) is 43.2 Å². The molecule has 1 amide bonds. The van der Waals surface area contributed by atoms with Gasteiger partial charge in [-0.25, -0.2) is 9.97 Å². The van der Waals surface area contributed by atoms with Crippen LogP contribution in [0.5, 0.6) is 0 Å². The lowest BCUT2D eigenvalue weighted by Crippen LogP contribution is -2.44. The van der Waals surface area contributed by atoms with Crippen LogP contribution >= 0.6 is 11.8 Å². The van der Waals surface area contributed by atoms with Crippen LogP contribution in [0, 0.1) is 5.92 Å². The number of aryl methyl sites for hydroxylation is 1. The molecule has 0 aliphatic rings. The Kier molecular flexibility index (Phi) is 5.12. The smallest absolute Gasteiger partial charge is 0.231 e. The minimum absolute atomic E-state index is 0.0370. The molecular formula is C14H19N5O2S. The number of hydrogen-bond acceptors (Lipinski definition) is 6. The number of Topliss-reactive ketones (excluding diaryl/α,β-unsaturated/α-hetero) is 1. The Labute approximate surface area is 132 Å². The van der Waals surface area contributed by atoms with Crippen molar-refractivity contribution in [1.29, 1.82) is 0 Å². The van der Waals surface area contributed by atoms with Crippen molar-refractivity contribution in [3.8, 4) is 0 Å². The molecule has 2 rings (SSSR count). The van der Waals surface area contributed by atoms with Gasteiger partial charge in [-0.15, -0.1) is 0 Å². The van der Waals surface area contributed by atoms with Crippen LogP contribution in [-0.2, 0) is 16.6 Å². The van der Waals surface area contributed by atoms with Gasteiger partial charge < -0.3 is 5.32 Å². The van der Waals surface area contributed by atoms with Gasteiger partial charge in [0.05, 0.1) is 23.4 Å². The van der Waals surface area contributed by atoms with Gasteiger partial charge in [-0.1, -0.05) is 25.6 Å². The lowest BCUT2D eigenvalue weighted by atomic mass is 10.0. The van der Waals surface area contributed by atoms with Crippen molar-refractivity contribution < 1.29 is 9.59 Å². The van der Waals surface area contributed by atoms with Crippen LogP contribution in [0.25, 0.3) is 11.0 Å². The maximum absolute atomic E-state index is 12.0. The van der Waals surface area contributed by atoms with Crippen LogP contribution in [0.1, 0.15) is 20.8 Å². The molecule has 1 N–H and O–H groups in total. The number of fused-ring (bicyclic) bond motifs is 1. The highest BCUT2D eigenvalue weighted by atomic mass is 32.2. The van der Waals surface area contributed by atoms with Crippen molar-refractivity contribution in [3.63, 3.8) is 0 Å². The minimum Gasteiger partial charge on any atom is -0.345 e. The Morgan fingerprint density at radius 2 is 2.09 bits per heavy atom. The topological polar surface area (TPSA) is 89.8 Å². The number of nitrogens with one attached hydrogen (secondary N) is 1. The average Bonchev–Trinajstić information content (AvgIpc) is 2.84. The predicted octanol–water partition coefficient (Wildman–Crippen LogP) is 1.19. The van der Waals surface area contributed by atoms with Gasteiger partial charge in [0.15, 0.2) is 11.4 Å². The molecule has 0 aliphatic carbocycles. The molecule has 0 aromatic carbocycles. The van der Waals surface area contributed by atoms with E-state index >= 15 is 0 Å². The van der Waals surface area contributed by atoms with E-state index in [4.69, 9.17) is 0 Å². The van der Waals surface area contributed by atoms with E-state index < -0.39 is 6.04 Å². The van der Waals surface area contributed by atoms with Crippen LogP contribution in [0.15, 0.2) is 17.6 Å². The summed E-state index contributed by atoms with van der Waals surface area (Å²) >= 11 is 1.31. The fourth-order valence-corrected chi connectivity index (χ4v) is 2.91.